The second-order valence-electron chi connectivity index (χ2n) is 3.02. The van der Waals surface area contributed by atoms with Crippen LogP contribution in [0.3, 0.4) is 0 Å². The lowest BCUT2D eigenvalue weighted by atomic mass is 9.80. The number of hydrogen-bond acceptors (Lipinski definition) is 3. The van der Waals surface area contributed by atoms with Gasteiger partial charge in [0, 0.05) is 19.5 Å². The monoisotopic (exact) mass is 215 g/mol. The summed E-state index contributed by atoms with van der Waals surface area (Å²) in [5.74, 6) is 0. The molecule has 0 bridgehead atoms. The van der Waals surface area contributed by atoms with Gasteiger partial charge >= 0.3 is 7.12 Å². The zero-order chi connectivity index (χ0) is 11.6. The van der Waals surface area contributed by atoms with Crippen molar-refractivity contribution in [3.63, 3.8) is 0 Å². The van der Waals surface area contributed by atoms with Crippen LogP contribution in [0.5, 0.6) is 0 Å². The molecule has 1 aromatic heterocycles. The van der Waals surface area contributed by atoms with Crippen molar-refractivity contribution in [2.75, 3.05) is 7.11 Å². The van der Waals surface area contributed by atoms with Crippen LogP contribution in [0.15, 0.2) is 60.9 Å². The summed E-state index contributed by atoms with van der Waals surface area (Å²) in [7, 11) is 0.679. The molecule has 4 heteroatoms. The molecule has 0 radical (unpaired) electrons. The molecule has 0 spiro atoms. The molecule has 2 aromatic rings. The fraction of sp³-hybridized carbons (Fsp3) is 0.0833. The summed E-state index contributed by atoms with van der Waals surface area (Å²) in [5.41, 5.74) is 0.782. The largest absolute Gasteiger partial charge is 0.490 e. The van der Waals surface area contributed by atoms with Crippen molar-refractivity contribution < 1.29 is 9.68 Å². The first-order chi connectivity index (χ1) is 7.84. The molecule has 2 rings (SSSR count). The normalized spacial score (nSPS) is 8.88. The molecule has 0 unspecified atom stereocenters. The summed E-state index contributed by atoms with van der Waals surface area (Å²) in [5, 5.41) is 9.11. The van der Waals surface area contributed by atoms with Gasteiger partial charge in [0.1, 0.15) is 0 Å². The van der Waals surface area contributed by atoms with Crippen LogP contribution in [0.25, 0.3) is 0 Å². The molecule has 0 saturated heterocycles. The molecule has 0 atom stereocenters. The molecule has 1 heterocycles. The van der Waals surface area contributed by atoms with Crippen molar-refractivity contribution >= 4 is 12.6 Å². The van der Waals surface area contributed by atoms with Gasteiger partial charge in [0.25, 0.3) is 0 Å². The van der Waals surface area contributed by atoms with Crippen LogP contribution >= 0.6 is 0 Å². The van der Waals surface area contributed by atoms with E-state index in [-0.39, 0.29) is 0 Å². The second kappa shape index (κ2) is 7.62. The van der Waals surface area contributed by atoms with Gasteiger partial charge in [0.05, 0.1) is 0 Å². The molecular formula is C12H14BNO2. The van der Waals surface area contributed by atoms with Crippen molar-refractivity contribution in [3.05, 3.63) is 60.9 Å². The van der Waals surface area contributed by atoms with Crippen LogP contribution in [0.1, 0.15) is 0 Å². The highest BCUT2D eigenvalue weighted by molar-refractivity contribution is 6.59. The van der Waals surface area contributed by atoms with E-state index in [0.29, 0.717) is 0 Å². The molecule has 0 aliphatic carbocycles. The van der Waals surface area contributed by atoms with Crippen LogP contribution < -0.4 is 5.46 Å². The topological polar surface area (TPSA) is 42.4 Å². The lowest BCUT2D eigenvalue weighted by Gasteiger charge is -2.00. The highest BCUT2D eigenvalue weighted by Crippen LogP contribution is 1.85. The molecule has 0 saturated carbocycles. The SMILES string of the molecule is COB(O)c1ccccc1.c1ccncc1. The molecule has 16 heavy (non-hydrogen) atoms. The summed E-state index contributed by atoms with van der Waals surface area (Å²) in [6.45, 7) is 0. The summed E-state index contributed by atoms with van der Waals surface area (Å²) in [6, 6.07) is 15.0. The van der Waals surface area contributed by atoms with Gasteiger partial charge in [-0.2, -0.15) is 0 Å². The van der Waals surface area contributed by atoms with E-state index in [4.69, 9.17) is 9.68 Å². The van der Waals surface area contributed by atoms with Crippen LogP contribution in [0.4, 0.5) is 0 Å². The minimum atomic E-state index is -0.791. The minimum Gasteiger partial charge on any atom is -0.423 e. The molecule has 3 nitrogen and oxygen atoms in total. The van der Waals surface area contributed by atoms with Crippen molar-refractivity contribution in [1.29, 1.82) is 0 Å². The van der Waals surface area contributed by atoms with E-state index in [2.05, 4.69) is 4.98 Å². The molecule has 82 valence electrons. The Morgan fingerprint density at radius 1 is 1.00 bits per heavy atom. The Balaban J connectivity index is 0.000000181. The fourth-order valence-corrected chi connectivity index (χ4v) is 1.07. The Kier molecular flexibility index (Phi) is 5.92. The molecule has 1 N–H and O–H groups in total. The van der Waals surface area contributed by atoms with Gasteiger partial charge < -0.3 is 9.68 Å². The predicted molar refractivity (Wildman–Crippen MR) is 65.3 cm³/mol. The van der Waals surface area contributed by atoms with Crippen LogP contribution in [0.2, 0.25) is 0 Å². The van der Waals surface area contributed by atoms with Gasteiger partial charge in [0.15, 0.2) is 0 Å². The Labute approximate surface area is 95.9 Å². The first-order valence-corrected chi connectivity index (χ1v) is 4.95. The Morgan fingerprint density at radius 2 is 1.56 bits per heavy atom. The number of rotatable bonds is 2. The summed E-state index contributed by atoms with van der Waals surface area (Å²) < 4.78 is 4.69. The summed E-state index contributed by atoms with van der Waals surface area (Å²) in [6.07, 6.45) is 3.50. The van der Waals surface area contributed by atoms with E-state index >= 15 is 0 Å². The van der Waals surface area contributed by atoms with E-state index in [0.717, 1.165) is 5.46 Å². The van der Waals surface area contributed by atoms with E-state index in [1.54, 1.807) is 12.4 Å². The standard InChI is InChI=1S/C7H9BO2.C5H5N/c1-10-8(9)7-5-3-2-4-6-7;1-2-4-6-5-3-1/h2-6,9H,1H3;1-5H. The van der Waals surface area contributed by atoms with Crippen molar-refractivity contribution in [3.8, 4) is 0 Å². The zero-order valence-electron chi connectivity index (χ0n) is 9.15. The number of pyridine rings is 1. The summed E-state index contributed by atoms with van der Waals surface area (Å²) in [4.78, 5) is 3.78. The van der Waals surface area contributed by atoms with Gasteiger partial charge in [0.2, 0.25) is 0 Å². The van der Waals surface area contributed by atoms with E-state index < -0.39 is 7.12 Å². The third-order valence-electron chi connectivity index (χ3n) is 1.87. The van der Waals surface area contributed by atoms with Crippen LogP contribution in [-0.2, 0) is 4.65 Å². The van der Waals surface area contributed by atoms with Crippen molar-refractivity contribution in [2.24, 2.45) is 0 Å². The molecule has 0 fully saturated rings. The van der Waals surface area contributed by atoms with Gasteiger partial charge in [-0.15, -0.1) is 0 Å². The van der Waals surface area contributed by atoms with Gasteiger partial charge in [-0.05, 0) is 17.6 Å². The quantitative estimate of drug-likeness (QED) is 0.762. The fourth-order valence-electron chi connectivity index (χ4n) is 1.07. The smallest absolute Gasteiger partial charge is 0.423 e. The van der Waals surface area contributed by atoms with E-state index in [9.17, 15) is 0 Å². The van der Waals surface area contributed by atoms with Crippen molar-refractivity contribution in [1.82, 2.24) is 4.98 Å². The predicted octanol–water partition coefficient (Wildman–Crippen LogP) is 1.10. The first-order valence-electron chi connectivity index (χ1n) is 4.95. The van der Waals surface area contributed by atoms with E-state index in [1.807, 2.05) is 48.5 Å². The maximum absolute atomic E-state index is 9.11. The second-order valence-corrected chi connectivity index (χ2v) is 3.02. The molecule has 1 aromatic carbocycles. The Hall–Kier alpha value is -1.65. The molecular weight excluding hydrogens is 201 g/mol. The van der Waals surface area contributed by atoms with Crippen molar-refractivity contribution in [2.45, 2.75) is 0 Å². The lowest BCUT2D eigenvalue weighted by molar-refractivity contribution is 0.341. The van der Waals surface area contributed by atoms with Gasteiger partial charge in [-0.3, -0.25) is 4.98 Å². The van der Waals surface area contributed by atoms with E-state index in [1.165, 1.54) is 7.11 Å². The number of hydrogen-bond donors (Lipinski definition) is 1. The Morgan fingerprint density at radius 3 is 1.94 bits per heavy atom. The van der Waals surface area contributed by atoms with Gasteiger partial charge in [-0.25, -0.2) is 0 Å². The third kappa shape index (κ3) is 4.73. The average Bonchev–Trinajstić information content (AvgIpc) is 2.41. The Bertz CT molecular complexity index is 343. The number of aromatic nitrogens is 1. The maximum atomic E-state index is 9.11. The highest BCUT2D eigenvalue weighted by atomic mass is 16.5. The highest BCUT2D eigenvalue weighted by Gasteiger charge is 2.11. The van der Waals surface area contributed by atoms with Crippen LogP contribution in [-0.4, -0.2) is 24.2 Å². The first kappa shape index (κ1) is 12.4. The lowest BCUT2D eigenvalue weighted by Crippen LogP contribution is -2.31. The maximum Gasteiger partial charge on any atom is 0.490 e. The summed E-state index contributed by atoms with van der Waals surface area (Å²) >= 11 is 0. The third-order valence-corrected chi connectivity index (χ3v) is 1.87. The van der Waals surface area contributed by atoms with Crippen LogP contribution in [0, 0.1) is 0 Å². The molecule has 0 aliphatic rings. The number of benzene rings is 1. The number of nitrogens with zero attached hydrogens (tertiary/aromatic N) is 1. The zero-order valence-corrected chi connectivity index (χ0v) is 9.15. The molecule has 0 aliphatic heterocycles. The minimum absolute atomic E-state index is 0.782. The average molecular weight is 215 g/mol. The van der Waals surface area contributed by atoms with Gasteiger partial charge in [-0.1, -0.05) is 36.4 Å². The molecule has 0 amide bonds.